The molecule has 1 aromatic carbocycles. The molecule has 2 rings (SSSR count). The first-order chi connectivity index (χ1) is 10.7. The van der Waals surface area contributed by atoms with Gasteiger partial charge in [0.1, 0.15) is 11.5 Å². The molecule has 0 saturated carbocycles. The zero-order valence-electron chi connectivity index (χ0n) is 12.1. The number of nitrogens with zero attached hydrogens (tertiary/aromatic N) is 1. The van der Waals surface area contributed by atoms with Crippen molar-refractivity contribution in [3.63, 3.8) is 0 Å². The first-order valence-corrected chi connectivity index (χ1v) is 8.51. The molecule has 0 heterocycles. The second-order valence-corrected chi connectivity index (χ2v) is 6.49. The zero-order valence-corrected chi connectivity index (χ0v) is 13.0. The van der Waals surface area contributed by atoms with Gasteiger partial charge in [-0.3, -0.25) is 0 Å². The van der Waals surface area contributed by atoms with Crippen LogP contribution in [0, 0.1) is 5.92 Å². The smallest absolute Gasteiger partial charge is 0.448 e. The van der Waals surface area contributed by atoms with Crippen LogP contribution in [0.25, 0.3) is 0 Å². The molecule has 0 amide bonds. The Morgan fingerprint density at radius 3 is 2.61 bits per heavy atom. The first-order valence-electron chi connectivity index (χ1n) is 6.95. The summed E-state index contributed by atoms with van der Waals surface area (Å²) in [6.07, 6.45) is 3.57. The first kappa shape index (κ1) is 17.4. The van der Waals surface area contributed by atoms with Crippen LogP contribution in [0.2, 0.25) is 0 Å². The fourth-order valence-corrected chi connectivity index (χ4v) is 2.87. The number of aryl methyl sites for hydroxylation is 1. The minimum absolute atomic E-state index is 0.0135. The molecule has 1 aliphatic carbocycles. The molecule has 0 fully saturated rings. The summed E-state index contributed by atoms with van der Waals surface area (Å²) in [6.45, 7) is 0. The summed E-state index contributed by atoms with van der Waals surface area (Å²) < 4.78 is 14.4. The number of phenols is 1. The van der Waals surface area contributed by atoms with Gasteiger partial charge in [0.25, 0.3) is 0 Å². The van der Waals surface area contributed by atoms with Gasteiger partial charge < -0.3 is 25.1 Å². The highest BCUT2D eigenvalue weighted by atomic mass is 31.2. The second kappa shape index (κ2) is 7.10. The Kier molecular flexibility index (Phi) is 5.38. The van der Waals surface area contributed by atoms with Crippen LogP contribution in [0.4, 0.5) is 0 Å². The molecule has 0 aliphatic heterocycles. The van der Waals surface area contributed by atoms with E-state index in [-0.39, 0.29) is 23.6 Å². The summed E-state index contributed by atoms with van der Waals surface area (Å²) in [6, 6.07) is 6.60. The summed E-state index contributed by atoms with van der Waals surface area (Å²) in [7, 11) is -4.63. The van der Waals surface area contributed by atoms with E-state index >= 15 is 0 Å². The quantitative estimate of drug-likeness (QED) is 0.520. The summed E-state index contributed by atoms with van der Waals surface area (Å²) in [4.78, 5) is 17.9. The summed E-state index contributed by atoms with van der Waals surface area (Å²) >= 11 is 0. The van der Waals surface area contributed by atoms with Gasteiger partial charge in [-0.15, -0.1) is 0 Å². The summed E-state index contributed by atoms with van der Waals surface area (Å²) in [5.74, 6) is -0.792. The lowest BCUT2D eigenvalue weighted by molar-refractivity contribution is 0.144. The number of benzene rings is 1. The highest BCUT2D eigenvalue weighted by Crippen LogP contribution is 2.38. The van der Waals surface area contributed by atoms with E-state index < -0.39 is 19.8 Å². The standard InChI is InChI=1S/C15H18NO6P/c17-11-3-1-2-10(8-11)4-7-15(19)13-9-12(18)5-6-14(13)16-23(20,21)22/h1-3,5-6,8-9,13,15,17-19H,4,7H2,(H2,20,21,22)/b16-14+. The van der Waals surface area contributed by atoms with Crippen LogP contribution in [0.3, 0.4) is 0 Å². The van der Waals surface area contributed by atoms with Crippen LogP contribution in [0.1, 0.15) is 12.0 Å². The maximum Gasteiger partial charge on any atom is 0.448 e. The van der Waals surface area contributed by atoms with Gasteiger partial charge in [0.15, 0.2) is 0 Å². The number of aliphatic hydroxyl groups excluding tert-OH is 2. The largest absolute Gasteiger partial charge is 0.508 e. The maximum atomic E-state index is 11.0. The van der Waals surface area contributed by atoms with Crippen molar-refractivity contribution in [3.05, 3.63) is 53.8 Å². The maximum absolute atomic E-state index is 11.0. The number of aliphatic hydroxyl groups is 2. The van der Waals surface area contributed by atoms with Gasteiger partial charge in [-0.1, -0.05) is 12.1 Å². The molecule has 124 valence electrons. The van der Waals surface area contributed by atoms with Gasteiger partial charge >= 0.3 is 7.75 Å². The number of hydrogen-bond donors (Lipinski definition) is 5. The average molecular weight is 339 g/mol. The highest BCUT2D eigenvalue weighted by molar-refractivity contribution is 7.50. The molecule has 0 saturated heterocycles. The Hall–Kier alpha value is -1.92. The van der Waals surface area contributed by atoms with Crippen LogP contribution in [-0.4, -0.2) is 36.9 Å². The van der Waals surface area contributed by atoms with Crippen molar-refractivity contribution in [2.45, 2.75) is 18.9 Å². The van der Waals surface area contributed by atoms with E-state index in [2.05, 4.69) is 4.76 Å². The van der Waals surface area contributed by atoms with Crippen LogP contribution >= 0.6 is 7.75 Å². The fourth-order valence-electron chi connectivity index (χ4n) is 2.37. The van der Waals surface area contributed by atoms with E-state index in [4.69, 9.17) is 9.79 Å². The number of phenolic OH excluding ortho intramolecular Hbond substituents is 1. The summed E-state index contributed by atoms with van der Waals surface area (Å²) in [5, 5.41) is 29.3. The van der Waals surface area contributed by atoms with Crippen LogP contribution in [-0.2, 0) is 11.0 Å². The third-order valence-corrected chi connectivity index (χ3v) is 3.91. The topological polar surface area (TPSA) is 131 Å². The van der Waals surface area contributed by atoms with Gasteiger partial charge in [0.05, 0.1) is 11.8 Å². The fraction of sp³-hybridized carbons (Fsp3) is 0.267. The number of aromatic hydroxyl groups is 1. The van der Waals surface area contributed by atoms with Gasteiger partial charge in [-0.25, -0.2) is 4.57 Å². The van der Waals surface area contributed by atoms with E-state index in [1.807, 2.05) is 0 Å². The normalized spacial score (nSPS) is 21.3. The Labute approximate surface area is 133 Å². The van der Waals surface area contributed by atoms with Crippen molar-refractivity contribution in [2.75, 3.05) is 0 Å². The number of allylic oxidation sites excluding steroid dienone is 2. The molecule has 0 bridgehead atoms. The van der Waals surface area contributed by atoms with Crippen LogP contribution < -0.4 is 0 Å². The summed E-state index contributed by atoms with van der Waals surface area (Å²) in [5.41, 5.74) is 0.830. The van der Waals surface area contributed by atoms with Gasteiger partial charge in [0, 0.05) is 5.92 Å². The lowest BCUT2D eigenvalue weighted by Gasteiger charge is -2.23. The average Bonchev–Trinajstić information content (AvgIpc) is 2.45. The third-order valence-electron chi connectivity index (χ3n) is 3.42. The Balaban J connectivity index is 2.12. The molecular formula is C15H18NO6P. The molecule has 8 heteroatoms. The van der Waals surface area contributed by atoms with Crippen molar-refractivity contribution in [3.8, 4) is 5.75 Å². The van der Waals surface area contributed by atoms with Crippen molar-refractivity contribution in [1.29, 1.82) is 0 Å². The lowest BCUT2D eigenvalue weighted by atomic mass is 9.89. The van der Waals surface area contributed by atoms with E-state index in [0.29, 0.717) is 6.42 Å². The SMILES string of the molecule is O=P(O)(O)/N=C1\C=CC(O)=CC1C(O)CCc1cccc(O)c1. The molecule has 23 heavy (non-hydrogen) atoms. The Morgan fingerprint density at radius 2 is 1.96 bits per heavy atom. The lowest BCUT2D eigenvalue weighted by Crippen LogP contribution is -2.28. The third kappa shape index (κ3) is 5.33. The molecule has 1 aromatic rings. The molecule has 1 aliphatic rings. The number of rotatable bonds is 5. The van der Waals surface area contributed by atoms with Crippen molar-refractivity contribution in [2.24, 2.45) is 10.7 Å². The van der Waals surface area contributed by atoms with Crippen LogP contribution in [0.15, 0.2) is 53.0 Å². The van der Waals surface area contributed by atoms with E-state index in [0.717, 1.165) is 5.56 Å². The van der Waals surface area contributed by atoms with Crippen molar-refractivity contribution < 1.29 is 29.7 Å². The molecule has 7 nitrogen and oxygen atoms in total. The molecular weight excluding hydrogens is 321 g/mol. The molecule has 2 atom stereocenters. The van der Waals surface area contributed by atoms with E-state index in [1.165, 1.54) is 24.3 Å². The predicted octanol–water partition coefficient (Wildman–Crippen LogP) is 1.85. The Morgan fingerprint density at radius 1 is 1.22 bits per heavy atom. The highest BCUT2D eigenvalue weighted by Gasteiger charge is 2.26. The predicted molar refractivity (Wildman–Crippen MR) is 85.3 cm³/mol. The van der Waals surface area contributed by atoms with E-state index in [1.54, 1.807) is 18.2 Å². The van der Waals surface area contributed by atoms with Crippen LogP contribution in [0.5, 0.6) is 5.75 Å². The van der Waals surface area contributed by atoms with Crippen molar-refractivity contribution in [1.82, 2.24) is 0 Å². The minimum Gasteiger partial charge on any atom is -0.508 e. The van der Waals surface area contributed by atoms with E-state index in [9.17, 15) is 19.9 Å². The monoisotopic (exact) mass is 339 g/mol. The molecule has 0 aromatic heterocycles. The van der Waals surface area contributed by atoms with Gasteiger partial charge in [-0.05, 0) is 48.8 Å². The number of hydrogen-bond acceptors (Lipinski definition) is 4. The second-order valence-electron chi connectivity index (χ2n) is 5.26. The van der Waals surface area contributed by atoms with Gasteiger partial charge in [0.2, 0.25) is 0 Å². The minimum atomic E-state index is -4.63. The molecule has 0 spiro atoms. The Bertz CT molecular complexity index is 706. The molecule has 5 N–H and O–H groups in total. The molecule has 2 unspecified atom stereocenters. The zero-order chi connectivity index (χ0) is 17.0. The van der Waals surface area contributed by atoms with Crippen molar-refractivity contribution >= 4 is 13.5 Å². The molecule has 0 radical (unpaired) electrons. The van der Waals surface area contributed by atoms with Gasteiger partial charge in [-0.2, -0.15) is 4.76 Å².